The number of nitrogens with two attached hydrogens (primary N) is 1. The molecule has 1 aliphatic heterocycles. The van der Waals surface area contributed by atoms with Gasteiger partial charge in [0.15, 0.2) is 0 Å². The molecule has 0 radical (unpaired) electrons. The molecule has 1 fully saturated rings. The molecule has 9 nitrogen and oxygen atoms in total. The number of thiazole rings is 1. The molecule has 4 N–H and O–H groups in total. The van der Waals surface area contributed by atoms with E-state index in [1.807, 2.05) is 87.8 Å². The number of carbonyl (C=O) groups is 3. The van der Waals surface area contributed by atoms with Gasteiger partial charge in [0.1, 0.15) is 12.1 Å². The van der Waals surface area contributed by atoms with Crippen LogP contribution in [0, 0.1) is 12.3 Å². The summed E-state index contributed by atoms with van der Waals surface area (Å²) in [6.07, 6.45) is 9.16. The van der Waals surface area contributed by atoms with Crippen LogP contribution in [0.15, 0.2) is 60.1 Å². The molecule has 10 heteroatoms. The minimum atomic E-state index is -0.775. The summed E-state index contributed by atoms with van der Waals surface area (Å²) in [5.74, 6) is -0.609. The fraction of sp³-hybridized carbons (Fsp3) is 0.550. The van der Waals surface area contributed by atoms with Gasteiger partial charge >= 0.3 is 0 Å². The quantitative estimate of drug-likeness (QED) is 0.116. The smallest absolute Gasteiger partial charge is 0.246 e. The van der Waals surface area contributed by atoms with Crippen LogP contribution in [0.25, 0.3) is 10.4 Å². The lowest BCUT2D eigenvalue weighted by Crippen LogP contribution is -2.57. The number of benzene rings is 2. The fourth-order valence-electron chi connectivity index (χ4n) is 6.40. The second-order valence-electron chi connectivity index (χ2n) is 14.6. The number of unbranched alkanes of at least 4 members (excludes halogenated alkanes) is 7. The summed E-state index contributed by atoms with van der Waals surface area (Å²) >= 11 is 1.61. The van der Waals surface area contributed by atoms with Gasteiger partial charge < -0.3 is 26.0 Å². The summed E-state index contributed by atoms with van der Waals surface area (Å²) in [6, 6.07) is 16.5. The summed E-state index contributed by atoms with van der Waals surface area (Å²) < 4.78 is 6.26. The largest absolute Gasteiger partial charge is 0.372 e. The minimum absolute atomic E-state index is 0.129. The molecule has 0 spiro atoms. The Morgan fingerprint density at radius 1 is 0.940 bits per heavy atom. The average molecular weight is 704 g/mol. The minimum Gasteiger partial charge on any atom is -0.372 e. The number of amides is 3. The molecule has 50 heavy (non-hydrogen) atoms. The zero-order chi connectivity index (χ0) is 35.9. The van der Waals surface area contributed by atoms with Gasteiger partial charge in [0.25, 0.3) is 0 Å². The van der Waals surface area contributed by atoms with Crippen LogP contribution in [-0.4, -0.2) is 58.9 Å². The highest BCUT2D eigenvalue weighted by Crippen LogP contribution is 2.29. The van der Waals surface area contributed by atoms with Crippen LogP contribution < -0.4 is 16.4 Å². The lowest BCUT2D eigenvalue weighted by molar-refractivity contribution is -0.144. The van der Waals surface area contributed by atoms with Gasteiger partial charge in [-0.3, -0.25) is 14.4 Å². The summed E-state index contributed by atoms with van der Waals surface area (Å²) in [4.78, 5) is 48.3. The molecule has 1 saturated heterocycles. The summed E-state index contributed by atoms with van der Waals surface area (Å²) in [5.41, 5.74) is 10.9. The van der Waals surface area contributed by atoms with Gasteiger partial charge in [-0.1, -0.05) is 114 Å². The number of nitrogens with one attached hydrogen (secondary N) is 2. The second-order valence-corrected chi connectivity index (χ2v) is 15.4. The molecule has 1 aliphatic rings. The van der Waals surface area contributed by atoms with Crippen LogP contribution >= 0.6 is 11.3 Å². The predicted molar refractivity (Wildman–Crippen MR) is 201 cm³/mol. The maximum absolute atomic E-state index is 14.3. The Morgan fingerprint density at radius 3 is 2.22 bits per heavy atom. The first kappa shape index (κ1) is 39.2. The summed E-state index contributed by atoms with van der Waals surface area (Å²) in [7, 11) is 0. The Bertz CT molecular complexity index is 1490. The van der Waals surface area contributed by atoms with Gasteiger partial charge in [-0.25, -0.2) is 4.98 Å². The van der Waals surface area contributed by atoms with Crippen molar-refractivity contribution in [3.63, 3.8) is 0 Å². The van der Waals surface area contributed by atoms with Crippen molar-refractivity contribution in [1.29, 1.82) is 0 Å². The van der Waals surface area contributed by atoms with E-state index in [1.54, 1.807) is 16.2 Å². The SMILES string of the molecule is Cc1ncsc1-c1ccc(CNC(=O)[C@@H]2C[C@@H](OCc3ccccc3)CN2C(=O)[C@@H](NC(=O)CCCCCCCCCCN)C(C)(C)C)cc1. The maximum Gasteiger partial charge on any atom is 0.246 e. The molecular weight excluding hydrogens is 647 g/mol. The van der Waals surface area contributed by atoms with E-state index in [9.17, 15) is 14.4 Å². The number of likely N-dealkylation sites (tertiary alicyclic amines) is 1. The molecule has 3 atom stereocenters. The van der Waals surface area contributed by atoms with Gasteiger partial charge in [-0.05, 0) is 48.4 Å². The van der Waals surface area contributed by atoms with Crippen molar-refractivity contribution in [3.05, 3.63) is 76.9 Å². The van der Waals surface area contributed by atoms with Crippen molar-refractivity contribution in [2.75, 3.05) is 13.1 Å². The van der Waals surface area contributed by atoms with Gasteiger partial charge in [-0.15, -0.1) is 11.3 Å². The highest BCUT2D eigenvalue weighted by molar-refractivity contribution is 7.13. The zero-order valence-corrected chi connectivity index (χ0v) is 31.2. The highest BCUT2D eigenvalue weighted by Gasteiger charge is 2.45. The number of hydrogen-bond acceptors (Lipinski definition) is 7. The van der Waals surface area contributed by atoms with E-state index in [4.69, 9.17) is 10.5 Å². The Kier molecular flexibility index (Phi) is 15.4. The highest BCUT2D eigenvalue weighted by atomic mass is 32.1. The van der Waals surface area contributed by atoms with Crippen molar-refractivity contribution in [1.82, 2.24) is 20.5 Å². The second kappa shape index (κ2) is 19.7. The van der Waals surface area contributed by atoms with Crippen LogP contribution in [0.3, 0.4) is 0 Å². The van der Waals surface area contributed by atoms with Crippen LogP contribution in [0.5, 0.6) is 0 Å². The Labute approximate surface area is 302 Å². The lowest BCUT2D eigenvalue weighted by atomic mass is 9.85. The van der Waals surface area contributed by atoms with E-state index in [1.165, 1.54) is 25.7 Å². The van der Waals surface area contributed by atoms with E-state index in [2.05, 4.69) is 15.6 Å². The molecule has 3 amide bonds. The third-order valence-corrected chi connectivity index (χ3v) is 10.4. The van der Waals surface area contributed by atoms with Gasteiger partial charge in [0.05, 0.1) is 28.8 Å². The molecule has 0 saturated carbocycles. The van der Waals surface area contributed by atoms with Crippen LogP contribution in [-0.2, 0) is 32.3 Å². The fourth-order valence-corrected chi connectivity index (χ4v) is 7.21. The van der Waals surface area contributed by atoms with Crippen molar-refractivity contribution in [2.24, 2.45) is 11.1 Å². The number of aryl methyl sites for hydroxylation is 1. The number of aromatic nitrogens is 1. The predicted octanol–water partition coefficient (Wildman–Crippen LogP) is 6.92. The van der Waals surface area contributed by atoms with E-state index in [0.29, 0.717) is 26.0 Å². The first-order valence-corrected chi connectivity index (χ1v) is 19.2. The summed E-state index contributed by atoms with van der Waals surface area (Å²) in [5, 5.41) is 6.12. The average Bonchev–Trinajstić information content (AvgIpc) is 3.74. The maximum atomic E-state index is 14.3. The Morgan fingerprint density at radius 2 is 1.60 bits per heavy atom. The van der Waals surface area contributed by atoms with Gasteiger partial charge in [0, 0.05) is 25.9 Å². The molecule has 0 unspecified atom stereocenters. The molecule has 2 heterocycles. The molecular formula is C40H57N5O4S. The van der Waals surface area contributed by atoms with Crippen molar-refractivity contribution in [2.45, 2.75) is 123 Å². The molecule has 272 valence electrons. The number of hydrogen-bond donors (Lipinski definition) is 3. The van der Waals surface area contributed by atoms with Crippen LogP contribution in [0.2, 0.25) is 0 Å². The lowest BCUT2D eigenvalue weighted by Gasteiger charge is -2.35. The van der Waals surface area contributed by atoms with Crippen LogP contribution in [0.4, 0.5) is 0 Å². The third-order valence-electron chi connectivity index (χ3n) is 9.38. The van der Waals surface area contributed by atoms with Crippen molar-refractivity contribution < 1.29 is 19.1 Å². The van der Waals surface area contributed by atoms with Gasteiger partial charge in [0.2, 0.25) is 17.7 Å². The molecule has 3 aromatic rings. The first-order chi connectivity index (χ1) is 24.1. The number of ether oxygens (including phenoxy) is 1. The Hall–Kier alpha value is -3.60. The number of carbonyl (C=O) groups excluding carboxylic acids is 3. The zero-order valence-electron chi connectivity index (χ0n) is 30.4. The molecule has 0 aliphatic carbocycles. The normalized spacial score (nSPS) is 16.7. The topological polar surface area (TPSA) is 127 Å². The molecule has 4 rings (SSSR count). The Balaban J connectivity index is 1.38. The van der Waals surface area contributed by atoms with E-state index < -0.39 is 17.5 Å². The monoisotopic (exact) mass is 703 g/mol. The van der Waals surface area contributed by atoms with E-state index >= 15 is 0 Å². The van der Waals surface area contributed by atoms with Gasteiger partial charge in [-0.2, -0.15) is 0 Å². The van der Waals surface area contributed by atoms with Crippen molar-refractivity contribution in [3.8, 4) is 10.4 Å². The molecule has 1 aromatic heterocycles. The standard InChI is InChI=1S/C40H57N5O4S/c1-29-36(50-28-43-29)32-21-19-30(20-22-32)25-42-38(47)34-24-33(49-27-31-16-12-11-13-17-31)26-45(34)39(48)37(40(2,3)4)44-35(46)18-14-9-7-5-6-8-10-15-23-41/h11-13,16-17,19-22,28,33-34,37H,5-10,14-15,18,23-27,41H2,1-4H3,(H,42,47)(H,44,46)/t33-,34+,37-/m1/s1. The summed E-state index contributed by atoms with van der Waals surface area (Å²) in [6.45, 7) is 9.61. The van der Waals surface area contributed by atoms with Crippen molar-refractivity contribution >= 4 is 29.1 Å². The molecule has 0 bridgehead atoms. The third kappa shape index (κ3) is 12.0. The van der Waals surface area contributed by atoms with E-state index in [-0.39, 0.29) is 30.4 Å². The molecule has 2 aromatic carbocycles. The number of nitrogens with zero attached hydrogens (tertiary/aromatic N) is 2. The van der Waals surface area contributed by atoms with Crippen LogP contribution in [0.1, 0.15) is 102 Å². The van der Waals surface area contributed by atoms with E-state index in [0.717, 1.165) is 59.5 Å². The first-order valence-electron chi connectivity index (χ1n) is 18.3. The number of rotatable bonds is 19.